The van der Waals surface area contributed by atoms with Gasteiger partial charge in [-0.1, -0.05) is 0 Å². The average molecular weight is 144 g/mol. The van der Waals surface area contributed by atoms with Crippen LogP contribution in [0.15, 0.2) is 0 Å². The molecule has 9 heavy (non-hydrogen) atoms. The lowest BCUT2D eigenvalue weighted by Crippen LogP contribution is -2.15. The van der Waals surface area contributed by atoms with Gasteiger partial charge in [-0.05, 0) is 6.26 Å². The molecule has 0 saturated carbocycles. The summed E-state index contributed by atoms with van der Waals surface area (Å²) < 4.78 is 0. The Balaban J connectivity index is 2.58. The molecule has 0 aromatic heterocycles. The largest absolute Gasteiger partial charge is 0.272 e. The minimum absolute atomic E-state index is 0.197. The fourth-order valence-corrected chi connectivity index (χ4v) is 1.23. The van der Waals surface area contributed by atoms with E-state index < -0.39 is 0 Å². The van der Waals surface area contributed by atoms with Gasteiger partial charge in [0.25, 0.3) is 5.91 Å². The number of rotatable bonds is 1. The lowest BCUT2D eigenvalue weighted by molar-refractivity contribution is -0.125. The summed E-state index contributed by atoms with van der Waals surface area (Å²) in [6.07, 6.45) is 2.09. The van der Waals surface area contributed by atoms with Crippen molar-refractivity contribution in [2.75, 3.05) is 6.26 Å². The Morgan fingerprint density at radius 1 is 1.67 bits per heavy atom. The molecule has 0 aliphatic carbocycles. The molecule has 1 fully saturated rings. The first-order chi connectivity index (χ1) is 4.24. The first-order valence-electron chi connectivity index (χ1n) is 2.55. The Morgan fingerprint density at radius 3 is 2.56 bits per heavy atom. The molecule has 0 bridgehead atoms. The number of carbonyl (C=O) groups is 2. The summed E-state index contributed by atoms with van der Waals surface area (Å²) in [6.45, 7) is 0. The molecule has 1 aliphatic heterocycles. The van der Waals surface area contributed by atoms with Crippen molar-refractivity contribution in [3.05, 3.63) is 0 Å². The maximum atomic E-state index is 10.6. The Hall–Kier alpha value is -0.510. The van der Waals surface area contributed by atoms with Crippen molar-refractivity contribution in [1.29, 1.82) is 0 Å². The molecule has 1 radical (unpaired) electrons. The SMILES string of the molecule is CSC1CC(=O)[N]C1=O. The second-order valence-corrected chi connectivity index (χ2v) is 2.81. The smallest absolute Gasteiger partial charge is 0.262 e. The molecule has 0 aromatic carbocycles. The van der Waals surface area contributed by atoms with Gasteiger partial charge < -0.3 is 0 Å². The van der Waals surface area contributed by atoms with Crippen LogP contribution in [0.1, 0.15) is 6.42 Å². The van der Waals surface area contributed by atoms with Crippen molar-refractivity contribution in [3.63, 3.8) is 0 Å². The Bertz CT molecular complexity index is 157. The molecule has 1 atom stereocenters. The van der Waals surface area contributed by atoms with Gasteiger partial charge in [0.15, 0.2) is 0 Å². The summed E-state index contributed by atoms with van der Waals surface area (Å²) >= 11 is 1.38. The van der Waals surface area contributed by atoms with Gasteiger partial charge in [-0.25, -0.2) is 0 Å². The minimum atomic E-state index is -0.278. The highest BCUT2D eigenvalue weighted by atomic mass is 32.2. The number of imide groups is 1. The van der Waals surface area contributed by atoms with Crippen LogP contribution in [0, 0.1) is 0 Å². The first kappa shape index (κ1) is 6.61. The molecular formula is C5H6NO2S. The number of hydrogen-bond donors (Lipinski definition) is 0. The predicted octanol–water partition coefficient (Wildman–Crippen LogP) is -0.221. The van der Waals surface area contributed by atoms with Crippen LogP contribution in [-0.2, 0) is 9.59 Å². The number of hydrogen-bond acceptors (Lipinski definition) is 3. The van der Waals surface area contributed by atoms with Crippen LogP contribution < -0.4 is 5.32 Å². The van der Waals surface area contributed by atoms with Crippen LogP contribution in [0.3, 0.4) is 0 Å². The second-order valence-electron chi connectivity index (χ2n) is 1.77. The van der Waals surface area contributed by atoms with E-state index in [0.717, 1.165) is 0 Å². The Labute approximate surface area is 57.2 Å². The fourth-order valence-electron chi connectivity index (χ4n) is 0.671. The second kappa shape index (κ2) is 2.39. The molecule has 4 heteroatoms. The zero-order valence-corrected chi connectivity index (χ0v) is 5.77. The van der Waals surface area contributed by atoms with Crippen LogP contribution >= 0.6 is 11.8 Å². The van der Waals surface area contributed by atoms with Gasteiger partial charge in [-0.3, -0.25) is 9.59 Å². The Kier molecular flexibility index (Phi) is 1.75. The van der Waals surface area contributed by atoms with Gasteiger partial charge in [0.05, 0.1) is 5.25 Å². The van der Waals surface area contributed by atoms with Crippen LogP contribution in [0.5, 0.6) is 0 Å². The third-order valence-electron chi connectivity index (χ3n) is 1.15. The minimum Gasteiger partial charge on any atom is -0.272 e. The lowest BCUT2D eigenvalue weighted by Gasteiger charge is -1.94. The fraction of sp³-hybridized carbons (Fsp3) is 0.600. The molecule has 1 unspecified atom stereocenters. The lowest BCUT2D eigenvalue weighted by atomic mass is 10.4. The molecule has 49 valence electrons. The maximum Gasteiger partial charge on any atom is 0.262 e. The van der Waals surface area contributed by atoms with Gasteiger partial charge >= 0.3 is 0 Å². The molecule has 1 rings (SSSR count). The van der Waals surface area contributed by atoms with E-state index in [2.05, 4.69) is 5.32 Å². The molecule has 3 nitrogen and oxygen atoms in total. The quantitative estimate of drug-likeness (QED) is 0.478. The first-order valence-corrected chi connectivity index (χ1v) is 3.84. The van der Waals surface area contributed by atoms with E-state index in [1.807, 2.05) is 0 Å². The molecule has 1 heterocycles. The van der Waals surface area contributed by atoms with Crippen molar-refractivity contribution >= 4 is 23.6 Å². The maximum absolute atomic E-state index is 10.6. The highest BCUT2D eigenvalue weighted by Gasteiger charge is 2.31. The van der Waals surface area contributed by atoms with Gasteiger partial charge in [0, 0.05) is 6.42 Å². The van der Waals surface area contributed by atoms with E-state index in [-0.39, 0.29) is 17.1 Å². The van der Waals surface area contributed by atoms with Crippen molar-refractivity contribution in [2.45, 2.75) is 11.7 Å². The summed E-state index contributed by atoms with van der Waals surface area (Å²) in [5, 5.41) is 3.05. The zero-order valence-electron chi connectivity index (χ0n) is 4.96. The normalized spacial score (nSPS) is 26.6. The van der Waals surface area contributed by atoms with Crippen molar-refractivity contribution < 1.29 is 9.59 Å². The van der Waals surface area contributed by atoms with Gasteiger partial charge in [0.2, 0.25) is 5.91 Å². The summed E-state index contributed by atoms with van der Waals surface area (Å²) in [5.41, 5.74) is 0. The summed E-state index contributed by atoms with van der Waals surface area (Å²) in [7, 11) is 0. The monoisotopic (exact) mass is 144 g/mol. The van der Waals surface area contributed by atoms with E-state index in [4.69, 9.17) is 0 Å². The zero-order chi connectivity index (χ0) is 6.85. The van der Waals surface area contributed by atoms with Crippen molar-refractivity contribution in [3.8, 4) is 0 Å². The third kappa shape index (κ3) is 1.24. The molecule has 1 saturated heterocycles. The number of thioether (sulfide) groups is 1. The number of carbonyl (C=O) groups excluding carboxylic acids is 2. The summed E-state index contributed by atoms with van der Waals surface area (Å²) in [4.78, 5) is 21.0. The van der Waals surface area contributed by atoms with E-state index >= 15 is 0 Å². The van der Waals surface area contributed by atoms with Crippen molar-refractivity contribution in [1.82, 2.24) is 5.32 Å². The van der Waals surface area contributed by atoms with Crippen LogP contribution in [0.4, 0.5) is 0 Å². The molecule has 0 N–H and O–H groups in total. The topological polar surface area (TPSA) is 48.2 Å². The molecule has 2 amide bonds. The average Bonchev–Trinajstić information content (AvgIpc) is 2.10. The van der Waals surface area contributed by atoms with E-state index in [9.17, 15) is 9.59 Å². The standard InChI is InChI=1S/C5H6NO2S/c1-9-3-2-4(7)6-5(3)8/h3H,2H2,1H3. The van der Waals surface area contributed by atoms with Crippen LogP contribution in [-0.4, -0.2) is 23.3 Å². The van der Waals surface area contributed by atoms with Gasteiger partial charge in [-0.15, -0.1) is 0 Å². The highest BCUT2D eigenvalue weighted by Crippen LogP contribution is 2.16. The van der Waals surface area contributed by atoms with Crippen LogP contribution in [0.25, 0.3) is 0 Å². The van der Waals surface area contributed by atoms with E-state index in [1.165, 1.54) is 11.8 Å². The number of amides is 2. The molecular weight excluding hydrogens is 138 g/mol. The van der Waals surface area contributed by atoms with Crippen molar-refractivity contribution in [2.24, 2.45) is 0 Å². The summed E-state index contributed by atoms with van der Waals surface area (Å²) in [6, 6.07) is 0. The molecule has 0 aromatic rings. The predicted molar refractivity (Wildman–Crippen MR) is 34.1 cm³/mol. The highest BCUT2D eigenvalue weighted by molar-refractivity contribution is 8.00. The van der Waals surface area contributed by atoms with Gasteiger partial charge in [-0.2, -0.15) is 17.1 Å². The summed E-state index contributed by atoms with van der Waals surface area (Å²) in [5.74, 6) is -0.549. The van der Waals surface area contributed by atoms with E-state index in [0.29, 0.717) is 6.42 Å². The van der Waals surface area contributed by atoms with Gasteiger partial charge in [0.1, 0.15) is 0 Å². The Morgan fingerprint density at radius 2 is 2.33 bits per heavy atom. The molecule has 0 spiro atoms. The van der Waals surface area contributed by atoms with Crippen LogP contribution in [0.2, 0.25) is 0 Å². The number of nitrogens with zero attached hydrogens (tertiary/aromatic N) is 1. The molecule has 1 aliphatic rings. The third-order valence-corrected chi connectivity index (χ3v) is 2.09. The van der Waals surface area contributed by atoms with E-state index in [1.54, 1.807) is 6.26 Å².